The highest BCUT2D eigenvalue weighted by molar-refractivity contribution is 7.88. The van der Waals surface area contributed by atoms with Crippen LogP contribution in [0.1, 0.15) is 20.7 Å². The standard InChI is InChI=1S/C18H6Cl4F9NO6S/c19-9-7(8(14(34)35)10(20)12(22)11(9)21)13(33)32-5-2-1-3-6(4-5)38-39(36,37)18(30,31)16(25,26)15(23,24)17(27,28)29/h1-4H,(H,32,33)(H,34,35). The molecule has 0 spiro atoms. The van der Waals surface area contributed by atoms with Gasteiger partial charge in [0.2, 0.25) is 0 Å². The molecule has 7 nitrogen and oxygen atoms in total. The Morgan fingerprint density at radius 1 is 0.795 bits per heavy atom. The lowest BCUT2D eigenvalue weighted by molar-refractivity contribution is -0.382. The van der Waals surface area contributed by atoms with Crippen molar-refractivity contribution in [1.82, 2.24) is 0 Å². The number of anilines is 1. The van der Waals surface area contributed by atoms with Crippen molar-refractivity contribution >= 4 is 74.1 Å². The van der Waals surface area contributed by atoms with E-state index in [2.05, 4.69) is 4.18 Å². The van der Waals surface area contributed by atoms with Crippen LogP contribution in [0.15, 0.2) is 24.3 Å². The first kappa shape index (κ1) is 32.9. The van der Waals surface area contributed by atoms with Crippen LogP contribution in [-0.2, 0) is 10.1 Å². The lowest BCUT2D eigenvalue weighted by Crippen LogP contribution is -2.63. The van der Waals surface area contributed by atoms with E-state index >= 15 is 0 Å². The molecule has 1 amide bonds. The van der Waals surface area contributed by atoms with Crippen LogP contribution in [0.5, 0.6) is 5.75 Å². The number of hydrogen-bond acceptors (Lipinski definition) is 5. The highest BCUT2D eigenvalue weighted by atomic mass is 35.5. The molecular formula is C18H6Cl4F9NO6S. The Morgan fingerprint density at radius 2 is 1.28 bits per heavy atom. The zero-order valence-electron chi connectivity index (χ0n) is 17.6. The number of hydrogen-bond donors (Lipinski definition) is 2. The monoisotopic (exact) mass is 675 g/mol. The fourth-order valence-electron chi connectivity index (χ4n) is 2.56. The van der Waals surface area contributed by atoms with E-state index in [0.717, 1.165) is 6.07 Å². The van der Waals surface area contributed by atoms with Crippen LogP contribution in [0.4, 0.5) is 45.2 Å². The molecule has 21 heteroatoms. The molecule has 2 rings (SSSR count). The van der Waals surface area contributed by atoms with Crippen molar-refractivity contribution in [2.24, 2.45) is 0 Å². The topological polar surface area (TPSA) is 110 Å². The van der Waals surface area contributed by atoms with Gasteiger partial charge in [-0.1, -0.05) is 52.5 Å². The molecule has 0 aliphatic carbocycles. The molecule has 0 saturated carbocycles. The molecule has 0 unspecified atom stereocenters. The third-order valence-electron chi connectivity index (χ3n) is 4.44. The summed E-state index contributed by atoms with van der Waals surface area (Å²) in [6.45, 7) is 0. The summed E-state index contributed by atoms with van der Waals surface area (Å²) < 4.78 is 145. The molecular weight excluding hydrogens is 671 g/mol. The van der Waals surface area contributed by atoms with Gasteiger partial charge in [0.05, 0.1) is 31.2 Å². The third-order valence-corrected chi connectivity index (χ3v) is 7.53. The maximum Gasteiger partial charge on any atom is 0.460 e. The molecule has 2 aromatic rings. The highest BCUT2D eigenvalue weighted by Crippen LogP contribution is 2.55. The summed E-state index contributed by atoms with van der Waals surface area (Å²) in [6, 6.07) is 2.31. The molecule has 0 aliphatic rings. The molecule has 0 aromatic heterocycles. The van der Waals surface area contributed by atoms with Crippen molar-refractivity contribution in [2.75, 3.05) is 5.32 Å². The normalized spacial score (nSPS) is 13.3. The van der Waals surface area contributed by atoms with E-state index < -0.39 is 87.9 Å². The van der Waals surface area contributed by atoms with Crippen molar-refractivity contribution in [3.8, 4) is 5.75 Å². The number of alkyl halides is 9. The summed E-state index contributed by atoms with van der Waals surface area (Å²) in [6.07, 6.45) is -7.29. The van der Waals surface area contributed by atoms with Gasteiger partial charge in [-0.05, 0) is 12.1 Å². The number of carbonyl (C=O) groups is 2. The molecule has 0 saturated heterocycles. The van der Waals surface area contributed by atoms with Crippen molar-refractivity contribution < 1.29 is 66.8 Å². The average molecular weight is 677 g/mol. The minimum Gasteiger partial charge on any atom is -0.478 e. The van der Waals surface area contributed by atoms with Crippen LogP contribution in [0.25, 0.3) is 0 Å². The number of rotatable bonds is 8. The second-order valence-electron chi connectivity index (χ2n) is 6.99. The van der Waals surface area contributed by atoms with Crippen LogP contribution in [0.3, 0.4) is 0 Å². The number of carbonyl (C=O) groups excluding carboxylic acids is 1. The zero-order valence-corrected chi connectivity index (χ0v) is 21.5. The smallest absolute Gasteiger partial charge is 0.460 e. The van der Waals surface area contributed by atoms with Crippen LogP contribution in [0.2, 0.25) is 20.1 Å². The van der Waals surface area contributed by atoms with Gasteiger partial charge >= 0.3 is 39.4 Å². The average Bonchev–Trinajstić information content (AvgIpc) is 2.78. The first-order valence-corrected chi connectivity index (χ1v) is 12.0. The van der Waals surface area contributed by atoms with E-state index in [9.17, 15) is 62.6 Å². The molecule has 216 valence electrons. The van der Waals surface area contributed by atoms with E-state index in [1.54, 1.807) is 0 Å². The number of amides is 1. The molecule has 39 heavy (non-hydrogen) atoms. The van der Waals surface area contributed by atoms with Crippen molar-refractivity contribution in [1.29, 1.82) is 0 Å². The van der Waals surface area contributed by atoms with Gasteiger partial charge in [-0.3, -0.25) is 4.79 Å². The quantitative estimate of drug-likeness (QED) is 0.131. The molecule has 0 radical (unpaired) electrons. The minimum atomic E-state index is -7.54. The van der Waals surface area contributed by atoms with Crippen LogP contribution in [0, 0.1) is 0 Å². The highest BCUT2D eigenvalue weighted by Gasteiger charge is 2.86. The first-order valence-electron chi connectivity index (χ1n) is 9.07. The summed E-state index contributed by atoms with van der Waals surface area (Å²) in [7, 11) is -7.28. The molecule has 2 N–H and O–H groups in total. The second-order valence-corrected chi connectivity index (χ2v) is 10.1. The predicted molar refractivity (Wildman–Crippen MR) is 118 cm³/mol. The van der Waals surface area contributed by atoms with Crippen LogP contribution >= 0.6 is 46.4 Å². The molecule has 0 fully saturated rings. The minimum absolute atomic E-state index is 0.305. The van der Waals surface area contributed by atoms with E-state index in [1.807, 2.05) is 5.32 Å². The fourth-order valence-corrected chi connectivity index (χ4v) is 4.48. The number of aromatic carboxylic acids is 1. The Bertz CT molecular complexity index is 1450. The maximum atomic E-state index is 13.9. The van der Waals surface area contributed by atoms with Gasteiger partial charge in [-0.2, -0.15) is 47.9 Å². The van der Waals surface area contributed by atoms with Crippen molar-refractivity contribution in [2.45, 2.75) is 23.3 Å². The maximum absolute atomic E-state index is 13.9. The Hall–Kier alpha value is -2.34. The molecule has 0 atom stereocenters. The summed E-state index contributed by atoms with van der Waals surface area (Å²) >= 11 is 23.2. The van der Waals surface area contributed by atoms with Crippen molar-refractivity contribution in [3.05, 3.63) is 55.5 Å². The Morgan fingerprint density at radius 3 is 1.74 bits per heavy atom. The van der Waals surface area contributed by atoms with E-state index in [4.69, 9.17) is 46.4 Å². The van der Waals surface area contributed by atoms with Gasteiger partial charge in [0.25, 0.3) is 5.91 Å². The Kier molecular flexibility index (Phi) is 8.91. The predicted octanol–water partition coefficient (Wildman–Crippen LogP) is 7.39. The van der Waals surface area contributed by atoms with Gasteiger partial charge in [-0.15, -0.1) is 0 Å². The number of carboxylic acid groups (broad SMARTS) is 1. The third kappa shape index (κ3) is 5.64. The second kappa shape index (κ2) is 10.6. The first-order chi connectivity index (χ1) is 17.4. The Balaban J connectivity index is 2.47. The van der Waals surface area contributed by atoms with Gasteiger partial charge in [0.1, 0.15) is 5.75 Å². The molecule has 0 aliphatic heterocycles. The van der Waals surface area contributed by atoms with Gasteiger partial charge < -0.3 is 14.6 Å². The number of halogens is 13. The van der Waals surface area contributed by atoms with Crippen LogP contribution < -0.4 is 9.50 Å². The molecule has 0 bridgehead atoms. The fraction of sp³-hybridized carbons (Fsp3) is 0.222. The number of nitrogens with one attached hydrogen (secondary N) is 1. The number of benzene rings is 2. The summed E-state index contributed by atoms with van der Waals surface area (Å²) in [5.74, 6) is -19.7. The van der Waals surface area contributed by atoms with Gasteiger partial charge in [0.15, 0.2) is 0 Å². The van der Waals surface area contributed by atoms with Crippen molar-refractivity contribution in [3.63, 3.8) is 0 Å². The zero-order chi connectivity index (χ0) is 30.5. The molecule has 2 aromatic carbocycles. The van der Waals surface area contributed by atoms with Crippen LogP contribution in [-0.4, -0.2) is 48.7 Å². The lowest BCUT2D eigenvalue weighted by atomic mass is 10.1. The molecule has 0 heterocycles. The van der Waals surface area contributed by atoms with E-state index in [1.165, 1.54) is 0 Å². The largest absolute Gasteiger partial charge is 0.478 e. The SMILES string of the molecule is O=C(O)c1c(Cl)c(Cl)c(Cl)c(Cl)c1C(=O)Nc1cccc(OS(=O)(=O)C(F)(F)C(F)(F)C(F)(F)C(F)(F)F)c1. The number of carboxylic acids is 1. The Labute approximate surface area is 230 Å². The van der Waals surface area contributed by atoms with E-state index in [-0.39, 0.29) is 0 Å². The van der Waals surface area contributed by atoms with E-state index in [0.29, 0.717) is 18.2 Å². The lowest BCUT2D eigenvalue weighted by Gasteiger charge is -2.32. The van der Waals surface area contributed by atoms with Gasteiger partial charge in [0, 0.05) is 11.8 Å². The summed E-state index contributed by atoms with van der Waals surface area (Å²) in [4.78, 5) is 24.2. The summed E-state index contributed by atoms with van der Waals surface area (Å²) in [5.41, 5.74) is -2.54. The summed E-state index contributed by atoms with van der Waals surface area (Å²) in [5, 5.41) is 1.46. The van der Waals surface area contributed by atoms with Gasteiger partial charge in [-0.25, -0.2) is 4.79 Å².